The van der Waals surface area contributed by atoms with Gasteiger partial charge in [0.15, 0.2) is 0 Å². The lowest BCUT2D eigenvalue weighted by molar-refractivity contribution is 0.835. The van der Waals surface area contributed by atoms with Crippen LogP contribution in [0.25, 0.3) is 5.69 Å². The molecule has 0 amide bonds. The topological polar surface area (TPSA) is 29.9 Å². The van der Waals surface area contributed by atoms with Gasteiger partial charge >= 0.3 is 0 Å². The second-order valence-electron chi connectivity index (χ2n) is 6.01. The number of hydrogen-bond donors (Lipinski definition) is 1. The molecule has 2 heterocycles. The fourth-order valence-electron chi connectivity index (χ4n) is 3.21. The number of anilines is 1. The molecule has 0 unspecified atom stereocenters. The molecule has 0 bridgehead atoms. The van der Waals surface area contributed by atoms with Crippen molar-refractivity contribution in [1.29, 1.82) is 0 Å². The third kappa shape index (κ3) is 2.58. The summed E-state index contributed by atoms with van der Waals surface area (Å²) in [5.74, 6) is 1.07. The molecule has 24 heavy (non-hydrogen) atoms. The van der Waals surface area contributed by atoms with Crippen LogP contribution in [0.15, 0.2) is 42.5 Å². The van der Waals surface area contributed by atoms with Gasteiger partial charge in [0.1, 0.15) is 5.82 Å². The van der Waals surface area contributed by atoms with Crippen LogP contribution < -0.4 is 5.32 Å². The van der Waals surface area contributed by atoms with E-state index in [2.05, 4.69) is 11.4 Å². The molecule has 4 rings (SSSR count). The second kappa shape index (κ2) is 6.15. The quantitative estimate of drug-likeness (QED) is 0.710. The Morgan fingerprint density at radius 3 is 2.71 bits per heavy atom. The first-order chi connectivity index (χ1) is 11.6. The Bertz CT molecular complexity index is 915. The molecule has 0 saturated heterocycles. The van der Waals surface area contributed by atoms with Gasteiger partial charge in [-0.3, -0.25) is 0 Å². The monoisotopic (exact) mass is 357 g/mol. The van der Waals surface area contributed by atoms with E-state index in [1.165, 1.54) is 5.56 Å². The summed E-state index contributed by atoms with van der Waals surface area (Å²) in [6.45, 7) is 2.96. The zero-order valence-corrected chi connectivity index (χ0v) is 14.8. The molecule has 1 aliphatic rings. The van der Waals surface area contributed by atoms with Crippen molar-refractivity contribution in [2.75, 3.05) is 11.9 Å². The van der Waals surface area contributed by atoms with Crippen molar-refractivity contribution in [3.63, 3.8) is 0 Å². The highest BCUT2D eigenvalue weighted by Crippen LogP contribution is 2.33. The van der Waals surface area contributed by atoms with Gasteiger partial charge in [0.05, 0.1) is 11.4 Å². The van der Waals surface area contributed by atoms with E-state index in [-0.39, 0.29) is 0 Å². The molecule has 0 radical (unpaired) electrons. The van der Waals surface area contributed by atoms with Crippen molar-refractivity contribution in [3.05, 3.63) is 74.9 Å². The Labute approximate surface area is 151 Å². The predicted molar refractivity (Wildman–Crippen MR) is 99.8 cm³/mol. The lowest BCUT2D eigenvalue weighted by Crippen LogP contribution is -2.06. The summed E-state index contributed by atoms with van der Waals surface area (Å²) in [6, 6.07) is 13.9. The molecule has 1 aliphatic heterocycles. The van der Waals surface area contributed by atoms with E-state index in [4.69, 9.17) is 28.3 Å². The van der Waals surface area contributed by atoms with Crippen LogP contribution in [0.2, 0.25) is 10.0 Å². The lowest BCUT2D eigenvalue weighted by Gasteiger charge is -2.10. The average molecular weight is 358 g/mol. The molecule has 1 aromatic heterocycles. The largest absolute Gasteiger partial charge is 0.369 e. The molecular formula is C19H17Cl2N3. The summed E-state index contributed by atoms with van der Waals surface area (Å²) in [5, 5.41) is 9.87. The minimum atomic E-state index is 0.732. The molecule has 0 spiro atoms. The van der Waals surface area contributed by atoms with Crippen LogP contribution in [-0.4, -0.2) is 16.3 Å². The maximum atomic E-state index is 6.33. The van der Waals surface area contributed by atoms with Crippen LogP contribution in [-0.2, 0) is 12.8 Å². The predicted octanol–water partition coefficient (Wildman–Crippen LogP) is 5.05. The van der Waals surface area contributed by atoms with Gasteiger partial charge in [0.2, 0.25) is 0 Å². The van der Waals surface area contributed by atoms with Gasteiger partial charge in [-0.15, -0.1) is 0 Å². The number of hydrogen-bond acceptors (Lipinski definition) is 2. The summed E-state index contributed by atoms with van der Waals surface area (Å²) >= 11 is 12.6. The number of fused-ring (bicyclic) bond motifs is 1. The Morgan fingerprint density at radius 2 is 1.88 bits per heavy atom. The number of halogens is 2. The zero-order valence-electron chi connectivity index (χ0n) is 13.3. The van der Waals surface area contributed by atoms with Gasteiger partial charge in [-0.05, 0) is 42.7 Å². The van der Waals surface area contributed by atoms with Gasteiger partial charge < -0.3 is 5.32 Å². The lowest BCUT2D eigenvalue weighted by atomic mass is 10.1. The maximum Gasteiger partial charge on any atom is 0.133 e. The first-order valence-electron chi connectivity index (χ1n) is 7.98. The smallest absolute Gasteiger partial charge is 0.133 e. The van der Waals surface area contributed by atoms with Crippen LogP contribution in [0.4, 0.5) is 5.82 Å². The van der Waals surface area contributed by atoms with Crippen molar-refractivity contribution >= 4 is 29.0 Å². The van der Waals surface area contributed by atoms with Crippen molar-refractivity contribution in [3.8, 4) is 5.69 Å². The van der Waals surface area contributed by atoms with Gasteiger partial charge in [-0.2, -0.15) is 5.10 Å². The highest BCUT2D eigenvalue weighted by Gasteiger charge is 2.24. The Kier molecular flexibility index (Phi) is 3.99. The average Bonchev–Trinajstić information content (AvgIpc) is 3.16. The van der Waals surface area contributed by atoms with Crippen molar-refractivity contribution in [2.45, 2.75) is 19.8 Å². The normalized spacial score (nSPS) is 13.0. The van der Waals surface area contributed by atoms with E-state index in [0.29, 0.717) is 0 Å². The SMILES string of the molecule is Cc1c(Cl)cccc1-n1nc(Cc2ccccc2Cl)c2c1NCC2. The van der Waals surface area contributed by atoms with Crippen molar-refractivity contribution < 1.29 is 0 Å². The van der Waals surface area contributed by atoms with Crippen LogP contribution in [0.1, 0.15) is 22.4 Å². The molecule has 122 valence electrons. The Hall–Kier alpha value is -1.97. The van der Waals surface area contributed by atoms with E-state index >= 15 is 0 Å². The van der Waals surface area contributed by atoms with E-state index in [9.17, 15) is 0 Å². The highest BCUT2D eigenvalue weighted by molar-refractivity contribution is 6.31. The molecule has 0 saturated carbocycles. The number of benzene rings is 2. The number of rotatable bonds is 3. The number of nitrogens with zero attached hydrogens (tertiary/aromatic N) is 2. The summed E-state index contributed by atoms with van der Waals surface area (Å²) in [4.78, 5) is 0. The van der Waals surface area contributed by atoms with E-state index < -0.39 is 0 Å². The minimum absolute atomic E-state index is 0.732. The third-order valence-corrected chi connectivity index (χ3v) is 5.30. The molecule has 1 N–H and O–H groups in total. The molecule has 5 heteroatoms. The maximum absolute atomic E-state index is 6.33. The fourth-order valence-corrected chi connectivity index (χ4v) is 3.58. The molecule has 0 atom stereocenters. The first-order valence-corrected chi connectivity index (χ1v) is 8.74. The van der Waals surface area contributed by atoms with Gasteiger partial charge in [-0.25, -0.2) is 4.68 Å². The summed E-state index contributed by atoms with van der Waals surface area (Å²) in [6.07, 6.45) is 1.71. The van der Waals surface area contributed by atoms with Gasteiger partial charge in [0.25, 0.3) is 0 Å². The highest BCUT2D eigenvalue weighted by atomic mass is 35.5. The Morgan fingerprint density at radius 1 is 1.08 bits per heavy atom. The second-order valence-corrected chi connectivity index (χ2v) is 6.83. The van der Waals surface area contributed by atoms with E-state index in [1.807, 2.05) is 48.0 Å². The summed E-state index contributed by atoms with van der Waals surface area (Å²) in [5.41, 5.74) is 5.49. The first kappa shape index (κ1) is 15.6. The number of nitrogens with one attached hydrogen (secondary N) is 1. The van der Waals surface area contributed by atoms with Crippen LogP contribution in [0.5, 0.6) is 0 Å². The minimum Gasteiger partial charge on any atom is -0.369 e. The molecule has 0 aliphatic carbocycles. The summed E-state index contributed by atoms with van der Waals surface area (Å²) in [7, 11) is 0. The number of aromatic nitrogens is 2. The van der Waals surface area contributed by atoms with Gasteiger partial charge in [-0.1, -0.05) is 47.5 Å². The van der Waals surface area contributed by atoms with Gasteiger partial charge in [0, 0.05) is 28.6 Å². The zero-order chi connectivity index (χ0) is 16.7. The fraction of sp³-hybridized carbons (Fsp3) is 0.211. The van der Waals surface area contributed by atoms with Crippen molar-refractivity contribution in [1.82, 2.24) is 9.78 Å². The standard InChI is InChI=1S/C19H17Cl2N3/c1-12-15(20)7-4-8-18(12)24-19-14(9-10-22-19)17(23-24)11-13-5-2-3-6-16(13)21/h2-8,22H,9-11H2,1H3. The third-order valence-electron chi connectivity index (χ3n) is 4.52. The van der Waals surface area contributed by atoms with Crippen LogP contribution in [0, 0.1) is 6.92 Å². The summed E-state index contributed by atoms with van der Waals surface area (Å²) < 4.78 is 1.98. The molecule has 3 aromatic rings. The van der Waals surface area contributed by atoms with E-state index in [1.54, 1.807) is 0 Å². The molecule has 3 nitrogen and oxygen atoms in total. The van der Waals surface area contributed by atoms with E-state index in [0.717, 1.165) is 57.8 Å². The molecular weight excluding hydrogens is 341 g/mol. The molecule has 0 fully saturated rings. The Balaban J connectivity index is 1.81. The van der Waals surface area contributed by atoms with Crippen LogP contribution in [0.3, 0.4) is 0 Å². The molecule has 2 aromatic carbocycles. The van der Waals surface area contributed by atoms with Crippen molar-refractivity contribution in [2.24, 2.45) is 0 Å². The van der Waals surface area contributed by atoms with Crippen LogP contribution >= 0.6 is 23.2 Å².